The number of carbonyl (C=O) groups is 1. The van der Waals surface area contributed by atoms with Gasteiger partial charge in [-0.25, -0.2) is 0 Å². The van der Waals surface area contributed by atoms with Crippen LogP contribution in [0.25, 0.3) is 0 Å². The van der Waals surface area contributed by atoms with E-state index in [9.17, 15) is 4.79 Å². The molecule has 0 aliphatic carbocycles. The third kappa shape index (κ3) is 5.88. The second kappa shape index (κ2) is 9.61. The van der Waals surface area contributed by atoms with E-state index in [1.54, 1.807) is 0 Å². The summed E-state index contributed by atoms with van der Waals surface area (Å²) in [5.41, 5.74) is 9.67. The van der Waals surface area contributed by atoms with Crippen LogP contribution in [0, 0.1) is 30.1 Å². The summed E-state index contributed by atoms with van der Waals surface area (Å²) in [5, 5.41) is 10.5. The molecule has 0 aliphatic heterocycles. The Kier molecular flexibility index (Phi) is 7.22. The fourth-order valence-electron chi connectivity index (χ4n) is 2.65. The molecule has 0 spiro atoms. The largest absolute Gasteiger partial charge is 0.384 e. The zero-order valence-electron chi connectivity index (χ0n) is 17.0. The second-order valence-electron chi connectivity index (χ2n) is 7.26. The number of anilines is 1. The molecule has 0 saturated carbocycles. The number of benzene rings is 2. The fourth-order valence-corrected chi connectivity index (χ4v) is 2.65. The quantitative estimate of drug-likeness (QED) is 0.411. The number of nitrogens with two attached hydrogens (primary N) is 1. The lowest BCUT2D eigenvalue weighted by Gasteiger charge is -2.16. The molecule has 5 heteroatoms. The van der Waals surface area contributed by atoms with Crippen LogP contribution < -0.4 is 16.0 Å². The van der Waals surface area contributed by atoms with Gasteiger partial charge in [-0.15, -0.1) is 0 Å². The Morgan fingerprint density at radius 1 is 1.25 bits per heavy atom. The summed E-state index contributed by atoms with van der Waals surface area (Å²) < 4.78 is 0. The molecule has 0 radical (unpaired) electrons. The number of nitrogens with one attached hydrogen (secondary N) is 2. The van der Waals surface area contributed by atoms with Crippen LogP contribution in [0.5, 0.6) is 0 Å². The highest BCUT2D eigenvalue weighted by molar-refractivity contribution is 5.96. The molecule has 0 aliphatic rings. The van der Waals surface area contributed by atoms with E-state index in [0.717, 1.165) is 16.8 Å². The summed E-state index contributed by atoms with van der Waals surface area (Å²) in [7, 11) is 1.95. The Labute approximate surface area is 167 Å². The predicted molar refractivity (Wildman–Crippen MR) is 116 cm³/mol. The van der Waals surface area contributed by atoms with Crippen molar-refractivity contribution in [2.75, 3.05) is 25.0 Å². The Morgan fingerprint density at radius 2 is 2.00 bits per heavy atom. The lowest BCUT2D eigenvalue weighted by atomic mass is 10.0. The van der Waals surface area contributed by atoms with E-state index >= 15 is 0 Å². The molecule has 5 nitrogen and oxygen atoms in total. The van der Waals surface area contributed by atoms with Crippen molar-refractivity contribution >= 4 is 17.4 Å². The first-order valence-corrected chi connectivity index (χ1v) is 9.31. The van der Waals surface area contributed by atoms with E-state index in [1.807, 2.05) is 61.3 Å². The summed E-state index contributed by atoms with van der Waals surface area (Å²) in [4.78, 5) is 14.2. The van der Waals surface area contributed by atoms with Crippen LogP contribution in [0.4, 0.5) is 5.69 Å². The molecular formula is C23H28N4O. The normalized spacial score (nSPS) is 10.2. The Hall–Kier alpha value is -3.26. The standard InChI is InChI=1S/C23H28N4O/c1-16(2)15-26-23(28)21-11-10-18(13-17(21)3)7-6-12-27(4)20-9-5-8-19(14-20)22(24)25/h5,8-11,13-14,16H,12,15H2,1-4H3,(H3,24,25)(H,26,28). The van der Waals surface area contributed by atoms with Crippen LogP contribution in [0.1, 0.15) is 40.9 Å². The summed E-state index contributed by atoms with van der Waals surface area (Å²) in [6, 6.07) is 13.2. The zero-order valence-corrected chi connectivity index (χ0v) is 17.0. The van der Waals surface area contributed by atoms with Gasteiger partial charge in [0.05, 0.1) is 6.54 Å². The molecule has 1 amide bonds. The van der Waals surface area contributed by atoms with Crippen molar-refractivity contribution in [2.45, 2.75) is 20.8 Å². The van der Waals surface area contributed by atoms with Crippen molar-refractivity contribution < 1.29 is 4.79 Å². The third-order valence-electron chi connectivity index (χ3n) is 4.29. The first-order valence-electron chi connectivity index (χ1n) is 9.31. The molecule has 2 aromatic rings. The van der Waals surface area contributed by atoms with E-state index in [1.165, 1.54) is 0 Å². The summed E-state index contributed by atoms with van der Waals surface area (Å²) in [5.74, 6) is 6.73. The molecule has 0 bridgehead atoms. The van der Waals surface area contributed by atoms with E-state index < -0.39 is 0 Å². The van der Waals surface area contributed by atoms with Gasteiger partial charge in [-0.3, -0.25) is 10.2 Å². The minimum absolute atomic E-state index is 0.0456. The number of nitrogens with zero attached hydrogens (tertiary/aromatic N) is 1. The summed E-state index contributed by atoms with van der Waals surface area (Å²) in [6.07, 6.45) is 0. The van der Waals surface area contributed by atoms with E-state index in [4.69, 9.17) is 11.1 Å². The molecule has 0 fully saturated rings. The lowest BCUT2D eigenvalue weighted by Crippen LogP contribution is -2.27. The highest BCUT2D eigenvalue weighted by Gasteiger charge is 2.09. The van der Waals surface area contributed by atoms with Gasteiger partial charge in [0.2, 0.25) is 0 Å². The minimum Gasteiger partial charge on any atom is -0.384 e. The highest BCUT2D eigenvalue weighted by atomic mass is 16.1. The first kappa shape index (κ1) is 21.0. The third-order valence-corrected chi connectivity index (χ3v) is 4.29. The van der Waals surface area contributed by atoms with Crippen molar-refractivity contribution in [3.63, 3.8) is 0 Å². The van der Waals surface area contributed by atoms with E-state index in [2.05, 4.69) is 31.0 Å². The highest BCUT2D eigenvalue weighted by Crippen LogP contribution is 2.14. The van der Waals surface area contributed by atoms with Crippen LogP contribution in [-0.2, 0) is 0 Å². The van der Waals surface area contributed by atoms with Gasteiger partial charge in [0, 0.05) is 36.0 Å². The molecule has 4 N–H and O–H groups in total. The molecule has 28 heavy (non-hydrogen) atoms. The molecule has 2 rings (SSSR count). The maximum absolute atomic E-state index is 12.2. The van der Waals surface area contributed by atoms with Crippen molar-refractivity contribution in [3.05, 3.63) is 64.7 Å². The molecule has 2 aromatic carbocycles. The topological polar surface area (TPSA) is 82.2 Å². The number of aryl methyl sites for hydroxylation is 1. The predicted octanol–water partition coefficient (Wildman–Crippen LogP) is 3.15. The smallest absolute Gasteiger partial charge is 0.251 e. The van der Waals surface area contributed by atoms with Crippen molar-refractivity contribution in [1.29, 1.82) is 5.41 Å². The van der Waals surface area contributed by atoms with Crippen molar-refractivity contribution in [3.8, 4) is 11.8 Å². The van der Waals surface area contributed by atoms with Gasteiger partial charge >= 0.3 is 0 Å². The van der Waals surface area contributed by atoms with Crippen molar-refractivity contribution in [1.82, 2.24) is 5.32 Å². The number of hydrogen-bond donors (Lipinski definition) is 3. The number of amidine groups is 1. The van der Waals surface area contributed by atoms with Gasteiger partial charge in [-0.1, -0.05) is 37.8 Å². The zero-order chi connectivity index (χ0) is 20.7. The molecule has 0 atom stereocenters. The maximum atomic E-state index is 12.2. The minimum atomic E-state index is -0.0456. The average Bonchev–Trinajstić information content (AvgIpc) is 2.66. The van der Waals surface area contributed by atoms with Gasteiger partial charge in [-0.2, -0.15) is 0 Å². The summed E-state index contributed by atoms with van der Waals surface area (Å²) in [6.45, 7) is 7.27. The van der Waals surface area contributed by atoms with Crippen LogP contribution >= 0.6 is 0 Å². The van der Waals surface area contributed by atoms with Gasteiger partial charge < -0.3 is 16.0 Å². The second-order valence-corrected chi connectivity index (χ2v) is 7.26. The first-order chi connectivity index (χ1) is 13.3. The number of rotatable bonds is 6. The van der Waals surface area contributed by atoms with Gasteiger partial charge in [0.25, 0.3) is 5.91 Å². The van der Waals surface area contributed by atoms with Gasteiger partial charge in [0.15, 0.2) is 0 Å². The van der Waals surface area contributed by atoms with Gasteiger partial charge in [0.1, 0.15) is 5.84 Å². The average molecular weight is 377 g/mol. The summed E-state index contributed by atoms with van der Waals surface area (Å²) >= 11 is 0. The molecule has 0 unspecified atom stereocenters. The lowest BCUT2D eigenvalue weighted by molar-refractivity contribution is 0.0948. The monoisotopic (exact) mass is 376 g/mol. The number of carbonyl (C=O) groups excluding carboxylic acids is 1. The van der Waals surface area contributed by atoms with Crippen LogP contribution in [0.15, 0.2) is 42.5 Å². The van der Waals surface area contributed by atoms with E-state index in [0.29, 0.717) is 30.1 Å². The number of nitrogen functional groups attached to an aromatic ring is 1. The number of amides is 1. The molecule has 146 valence electrons. The van der Waals surface area contributed by atoms with Crippen LogP contribution in [0.2, 0.25) is 0 Å². The Bertz CT molecular complexity index is 922. The van der Waals surface area contributed by atoms with Crippen molar-refractivity contribution in [2.24, 2.45) is 11.7 Å². The number of hydrogen-bond acceptors (Lipinski definition) is 3. The molecule has 0 saturated heterocycles. The molecule has 0 heterocycles. The maximum Gasteiger partial charge on any atom is 0.251 e. The molecular weight excluding hydrogens is 348 g/mol. The molecule has 0 aromatic heterocycles. The SMILES string of the molecule is Cc1cc(C#CCN(C)c2cccc(C(=N)N)c2)ccc1C(=O)NCC(C)C. The van der Waals surface area contributed by atoms with Crippen LogP contribution in [-0.4, -0.2) is 31.9 Å². The van der Waals surface area contributed by atoms with E-state index in [-0.39, 0.29) is 11.7 Å². The van der Waals surface area contributed by atoms with Gasteiger partial charge in [-0.05, 0) is 48.7 Å². The fraction of sp³-hybridized carbons (Fsp3) is 0.304. The Balaban J connectivity index is 2.04. The Morgan fingerprint density at radius 3 is 2.64 bits per heavy atom. The van der Waals surface area contributed by atoms with Crippen LogP contribution in [0.3, 0.4) is 0 Å².